The van der Waals surface area contributed by atoms with Crippen molar-refractivity contribution >= 4 is 17.2 Å². The molecule has 2 aromatic heterocycles. The highest BCUT2D eigenvalue weighted by atomic mass is 32.1. The predicted octanol–water partition coefficient (Wildman–Crippen LogP) is 1.60. The molecule has 3 rings (SSSR count). The van der Waals surface area contributed by atoms with Gasteiger partial charge in [0.1, 0.15) is 5.69 Å². The zero-order valence-electron chi connectivity index (χ0n) is 15.3. The van der Waals surface area contributed by atoms with Gasteiger partial charge < -0.3 is 5.32 Å². The molecule has 2 aromatic rings. The first-order chi connectivity index (χ1) is 12.5. The maximum absolute atomic E-state index is 12.2. The van der Waals surface area contributed by atoms with Crippen LogP contribution in [0.3, 0.4) is 0 Å². The molecule has 8 heteroatoms. The molecule has 1 N–H and O–H groups in total. The lowest BCUT2D eigenvalue weighted by Crippen LogP contribution is -2.48. The minimum atomic E-state index is -0.114. The summed E-state index contributed by atoms with van der Waals surface area (Å²) in [6.07, 6.45) is 3.36. The average Bonchev–Trinajstić information content (AvgIpc) is 3.07. The van der Waals surface area contributed by atoms with Gasteiger partial charge in [0.05, 0.1) is 17.2 Å². The van der Waals surface area contributed by atoms with Crippen molar-refractivity contribution < 1.29 is 4.79 Å². The summed E-state index contributed by atoms with van der Waals surface area (Å²) in [4.78, 5) is 30.7. The lowest BCUT2D eigenvalue weighted by atomic mass is 10.0. The third-order valence-corrected chi connectivity index (χ3v) is 5.47. The highest BCUT2D eigenvalue weighted by molar-refractivity contribution is 7.09. The van der Waals surface area contributed by atoms with Crippen LogP contribution in [-0.4, -0.2) is 51.2 Å². The Balaban J connectivity index is 1.56. The first-order valence-corrected chi connectivity index (χ1v) is 9.90. The highest BCUT2D eigenvalue weighted by Crippen LogP contribution is 2.16. The summed E-state index contributed by atoms with van der Waals surface area (Å²) in [7, 11) is 0. The zero-order valence-corrected chi connectivity index (χ0v) is 16.1. The quantitative estimate of drug-likeness (QED) is 0.830. The van der Waals surface area contributed by atoms with E-state index in [-0.39, 0.29) is 17.5 Å². The summed E-state index contributed by atoms with van der Waals surface area (Å²) in [6, 6.07) is 3.58. The molecular formula is C18H25N5O2S. The van der Waals surface area contributed by atoms with Crippen LogP contribution >= 0.6 is 11.3 Å². The molecule has 140 valence electrons. The number of likely N-dealkylation sites (tertiary alicyclic amines) is 1. The Morgan fingerprint density at radius 1 is 1.31 bits per heavy atom. The van der Waals surface area contributed by atoms with Gasteiger partial charge in [-0.2, -0.15) is 5.10 Å². The van der Waals surface area contributed by atoms with Crippen LogP contribution in [0.4, 0.5) is 0 Å². The maximum Gasteiger partial charge on any atom is 0.270 e. The molecule has 1 atom stereocenters. The van der Waals surface area contributed by atoms with E-state index in [4.69, 9.17) is 0 Å². The van der Waals surface area contributed by atoms with Crippen LogP contribution in [0, 0.1) is 13.8 Å². The standard InChI is InChI=1S/C18H25N5O2S/c1-13-6-7-17(24)23(21-13)10-9-22-8-4-3-5-15(22)11-19-18(25)16-12-26-14(2)20-16/h6-7,12,15H,3-5,8-11H2,1-2H3,(H,19,25). The first kappa shape index (κ1) is 18.7. The number of carbonyl (C=O) groups excluding carboxylic acids is 1. The Morgan fingerprint density at radius 2 is 2.15 bits per heavy atom. The zero-order chi connectivity index (χ0) is 18.5. The fraction of sp³-hybridized carbons (Fsp3) is 0.556. The molecule has 1 unspecified atom stereocenters. The molecule has 26 heavy (non-hydrogen) atoms. The van der Waals surface area contributed by atoms with Crippen molar-refractivity contribution in [3.05, 3.63) is 44.3 Å². The monoisotopic (exact) mass is 375 g/mol. The number of hydrogen-bond donors (Lipinski definition) is 1. The maximum atomic E-state index is 12.2. The number of nitrogens with zero attached hydrogens (tertiary/aromatic N) is 4. The summed E-state index contributed by atoms with van der Waals surface area (Å²) in [5, 5.41) is 9.99. The molecule has 0 spiro atoms. The van der Waals surface area contributed by atoms with E-state index < -0.39 is 0 Å². The molecule has 1 aliphatic rings. The number of nitrogens with one attached hydrogen (secondary N) is 1. The van der Waals surface area contributed by atoms with Crippen molar-refractivity contribution in [2.75, 3.05) is 19.6 Å². The van der Waals surface area contributed by atoms with Gasteiger partial charge >= 0.3 is 0 Å². The van der Waals surface area contributed by atoms with Crippen LogP contribution < -0.4 is 10.9 Å². The summed E-state index contributed by atoms with van der Waals surface area (Å²) in [5.41, 5.74) is 1.26. The number of piperidine rings is 1. The number of aryl methyl sites for hydroxylation is 2. The molecule has 0 radical (unpaired) electrons. The summed E-state index contributed by atoms with van der Waals surface area (Å²) >= 11 is 1.48. The largest absolute Gasteiger partial charge is 0.349 e. The highest BCUT2D eigenvalue weighted by Gasteiger charge is 2.23. The van der Waals surface area contributed by atoms with Gasteiger partial charge in [0.15, 0.2) is 0 Å². The number of rotatable bonds is 6. The lowest BCUT2D eigenvalue weighted by molar-refractivity contribution is 0.0905. The average molecular weight is 375 g/mol. The van der Waals surface area contributed by atoms with Crippen molar-refractivity contribution in [2.45, 2.75) is 45.7 Å². The van der Waals surface area contributed by atoms with E-state index in [1.807, 2.05) is 13.8 Å². The van der Waals surface area contributed by atoms with Crippen LogP contribution in [0.25, 0.3) is 0 Å². The van der Waals surface area contributed by atoms with Crippen LogP contribution in [0.15, 0.2) is 22.3 Å². The van der Waals surface area contributed by atoms with Crippen LogP contribution in [-0.2, 0) is 6.54 Å². The second-order valence-electron chi connectivity index (χ2n) is 6.68. The molecule has 0 aromatic carbocycles. The van der Waals surface area contributed by atoms with E-state index in [0.29, 0.717) is 18.8 Å². The van der Waals surface area contributed by atoms with Gasteiger partial charge in [0.25, 0.3) is 11.5 Å². The SMILES string of the molecule is Cc1ccc(=O)n(CCN2CCCCC2CNC(=O)c2csc(C)n2)n1. The minimum Gasteiger partial charge on any atom is -0.349 e. The van der Waals surface area contributed by atoms with Crippen LogP contribution in [0.2, 0.25) is 0 Å². The number of hydrogen-bond acceptors (Lipinski definition) is 6. The molecule has 3 heterocycles. The van der Waals surface area contributed by atoms with Gasteiger partial charge in [-0.25, -0.2) is 9.67 Å². The molecular weight excluding hydrogens is 350 g/mol. The number of thiazole rings is 1. The molecule has 7 nitrogen and oxygen atoms in total. The van der Waals surface area contributed by atoms with Crippen molar-refractivity contribution in [1.82, 2.24) is 25.0 Å². The van der Waals surface area contributed by atoms with E-state index in [1.54, 1.807) is 17.5 Å². The second kappa shape index (κ2) is 8.55. The number of amides is 1. The first-order valence-electron chi connectivity index (χ1n) is 9.02. The Labute approximate surface area is 157 Å². The minimum absolute atomic E-state index is 0.0728. The van der Waals surface area contributed by atoms with Crippen LogP contribution in [0.1, 0.15) is 40.5 Å². The van der Waals surface area contributed by atoms with Gasteiger partial charge in [-0.05, 0) is 39.3 Å². The second-order valence-corrected chi connectivity index (χ2v) is 7.75. The Kier molecular flexibility index (Phi) is 6.16. The fourth-order valence-corrected chi connectivity index (χ4v) is 3.88. The lowest BCUT2D eigenvalue weighted by Gasteiger charge is -2.35. The third-order valence-electron chi connectivity index (χ3n) is 4.70. The van der Waals surface area contributed by atoms with Gasteiger partial charge in [-0.3, -0.25) is 14.5 Å². The molecule has 1 amide bonds. The molecule has 1 fully saturated rings. The number of carbonyl (C=O) groups is 1. The normalized spacial score (nSPS) is 18.0. The van der Waals surface area contributed by atoms with E-state index in [0.717, 1.165) is 43.1 Å². The molecule has 0 aliphatic carbocycles. The smallest absolute Gasteiger partial charge is 0.270 e. The Bertz CT molecular complexity index is 816. The fourth-order valence-electron chi connectivity index (χ4n) is 3.29. The molecule has 0 saturated carbocycles. The van der Waals surface area contributed by atoms with Gasteiger partial charge in [-0.1, -0.05) is 6.42 Å². The summed E-state index contributed by atoms with van der Waals surface area (Å²) in [6.45, 7) is 6.69. The van der Waals surface area contributed by atoms with E-state index in [1.165, 1.54) is 16.0 Å². The summed E-state index contributed by atoms with van der Waals surface area (Å²) in [5.74, 6) is -0.114. The van der Waals surface area contributed by atoms with Crippen molar-refractivity contribution in [3.8, 4) is 0 Å². The Hall–Kier alpha value is -2.06. The molecule has 0 bridgehead atoms. The van der Waals surface area contributed by atoms with Gasteiger partial charge in [-0.15, -0.1) is 11.3 Å². The summed E-state index contributed by atoms with van der Waals surface area (Å²) < 4.78 is 1.53. The molecule has 1 aliphatic heterocycles. The van der Waals surface area contributed by atoms with E-state index in [9.17, 15) is 9.59 Å². The number of aromatic nitrogens is 3. The van der Waals surface area contributed by atoms with Crippen molar-refractivity contribution in [2.24, 2.45) is 0 Å². The third kappa shape index (κ3) is 4.76. The van der Waals surface area contributed by atoms with Gasteiger partial charge in [0.2, 0.25) is 0 Å². The van der Waals surface area contributed by atoms with E-state index in [2.05, 4.69) is 20.3 Å². The predicted molar refractivity (Wildman–Crippen MR) is 102 cm³/mol. The van der Waals surface area contributed by atoms with Gasteiger partial charge in [0, 0.05) is 30.6 Å². The van der Waals surface area contributed by atoms with Crippen LogP contribution in [0.5, 0.6) is 0 Å². The van der Waals surface area contributed by atoms with E-state index >= 15 is 0 Å². The van der Waals surface area contributed by atoms with Crippen molar-refractivity contribution in [1.29, 1.82) is 0 Å². The Morgan fingerprint density at radius 3 is 2.92 bits per heavy atom. The topological polar surface area (TPSA) is 80.1 Å². The molecule has 1 saturated heterocycles. The van der Waals surface area contributed by atoms with Crippen molar-refractivity contribution in [3.63, 3.8) is 0 Å².